The molecule has 0 saturated heterocycles. The van der Waals surface area contributed by atoms with Crippen LogP contribution in [-0.2, 0) is 13.0 Å². The Morgan fingerprint density at radius 1 is 1.40 bits per heavy atom. The van der Waals surface area contributed by atoms with Crippen molar-refractivity contribution in [2.24, 2.45) is 0 Å². The van der Waals surface area contributed by atoms with Crippen molar-refractivity contribution in [1.29, 1.82) is 0 Å². The fraction of sp³-hybridized carbons (Fsp3) is 0.538. The van der Waals surface area contributed by atoms with Crippen molar-refractivity contribution in [3.63, 3.8) is 0 Å². The van der Waals surface area contributed by atoms with Gasteiger partial charge in [0.25, 0.3) is 0 Å². The lowest BCUT2D eigenvalue weighted by atomic mass is 10.1. The lowest BCUT2D eigenvalue weighted by Gasteiger charge is -2.12. The first-order valence-electron chi connectivity index (χ1n) is 5.85. The van der Waals surface area contributed by atoms with E-state index in [1.807, 2.05) is 0 Å². The molecule has 1 aromatic carbocycles. The molecule has 0 aromatic heterocycles. The third kappa shape index (κ3) is 2.32. The molecule has 0 unspecified atom stereocenters. The molecule has 1 aromatic rings. The molecule has 2 heteroatoms. The minimum absolute atomic E-state index is 1.00. The van der Waals surface area contributed by atoms with Crippen LogP contribution in [0, 0.1) is 0 Å². The summed E-state index contributed by atoms with van der Waals surface area (Å²) in [5.41, 5.74) is 4.33. The predicted octanol–water partition coefficient (Wildman–Crippen LogP) is 2.18. The molecule has 1 N–H and O–H groups in total. The van der Waals surface area contributed by atoms with Crippen molar-refractivity contribution >= 4 is 5.69 Å². The number of fused-ring (bicyclic) bond motifs is 1. The highest BCUT2D eigenvalue weighted by Gasteiger charge is 2.14. The Bertz CT molecular complexity index is 333. The predicted molar refractivity (Wildman–Crippen MR) is 65.4 cm³/mol. The fourth-order valence-electron chi connectivity index (χ4n) is 2.14. The molecule has 0 radical (unpaired) electrons. The maximum Gasteiger partial charge on any atom is 0.0397 e. The van der Waals surface area contributed by atoms with Crippen molar-refractivity contribution in [3.8, 4) is 0 Å². The second-order valence-electron chi connectivity index (χ2n) is 4.31. The van der Waals surface area contributed by atoms with Crippen molar-refractivity contribution < 1.29 is 0 Å². The Labute approximate surface area is 92.3 Å². The van der Waals surface area contributed by atoms with Crippen LogP contribution in [0.1, 0.15) is 24.5 Å². The van der Waals surface area contributed by atoms with Crippen LogP contribution in [-0.4, -0.2) is 20.1 Å². The first-order chi connectivity index (χ1) is 7.31. The lowest BCUT2D eigenvalue weighted by molar-refractivity contribution is 0.675. The minimum Gasteiger partial charge on any atom is -0.374 e. The Morgan fingerprint density at radius 3 is 3.07 bits per heavy atom. The number of nitrogens with zero attached hydrogens (tertiary/aromatic N) is 1. The zero-order valence-electron chi connectivity index (χ0n) is 9.71. The van der Waals surface area contributed by atoms with E-state index in [1.54, 1.807) is 0 Å². The van der Waals surface area contributed by atoms with Gasteiger partial charge in [0.2, 0.25) is 0 Å². The minimum atomic E-state index is 1.00. The number of hydrogen-bond donors (Lipinski definition) is 1. The molecule has 0 saturated carbocycles. The van der Waals surface area contributed by atoms with Gasteiger partial charge in [0.1, 0.15) is 0 Å². The highest BCUT2D eigenvalue weighted by Crippen LogP contribution is 2.27. The van der Waals surface area contributed by atoms with Crippen LogP contribution in [0.25, 0.3) is 0 Å². The van der Waals surface area contributed by atoms with Crippen LogP contribution in [0.15, 0.2) is 18.2 Å². The monoisotopic (exact) mass is 204 g/mol. The highest BCUT2D eigenvalue weighted by atomic mass is 15.1. The molecule has 2 nitrogen and oxygen atoms in total. The van der Waals surface area contributed by atoms with Crippen LogP contribution in [0.3, 0.4) is 0 Å². The van der Waals surface area contributed by atoms with Crippen molar-refractivity contribution in [2.75, 3.05) is 25.0 Å². The first-order valence-corrected chi connectivity index (χ1v) is 5.85. The largest absolute Gasteiger partial charge is 0.374 e. The van der Waals surface area contributed by atoms with Crippen molar-refractivity contribution in [1.82, 2.24) is 5.32 Å². The van der Waals surface area contributed by atoms with Crippen LogP contribution < -0.4 is 10.2 Å². The van der Waals surface area contributed by atoms with Gasteiger partial charge in [-0.2, -0.15) is 0 Å². The van der Waals surface area contributed by atoms with Gasteiger partial charge in [-0.15, -0.1) is 0 Å². The second-order valence-corrected chi connectivity index (χ2v) is 4.31. The number of likely N-dealkylation sites (N-methyl/N-ethyl adjacent to an activating group) is 1. The van der Waals surface area contributed by atoms with Gasteiger partial charge >= 0.3 is 0 Å². The summed E-state index contributed by atoms with van der Waals surface area (Å²) in [5.74, 6) is 0. The summed E-state index contributed by atoms with van der Waals surface area (Å²) in [5, 5.41) is 3.44. The van der Waals surface area contributed by atoms with Gasteiger partial charge < -0.3 is 10.2 Å². The number of benzene rings is 1. The van der Waals surface area contributed by atoms with Crippen LogP contribution in [0.2, 0.25) is 0 Å². The van der Waals surface area contributed by atoms with Crippen LogP contribution >= 0.6 is 0 Å². The normalized spacial score (nSPS) is 14.4. The molecule has 0 atom stereocenters. The van der Waals surface area contributed by atoms with Crippen LogP contribution in [0.4, 0.5) is 5.69 Å². The number of anilines is 1. The van der Waals surface area contributed by atoms with Gasteiger partial charge in [-0.05, 0) is 36.6 Å². The molecule has 0 fully saturated rings. The number of rotatable bonds is 4. The molecule has 0 spiro atoms. The van der Waals surface area contributed by atoms with E-state index in [2.05, 4.69) is 42.4 Å². The Balaban J connectivity index is 2.03. The van der Waals surface area contributed by atoms with Crippen molar-refractivity contribution in [3.05, 3.63) is 29.3 Å². The average molecular weight is 204 g/mol. The molecule has 1 aliphatic rings. The van der Waals surface area contributed by atoms with E-state index in [-0.39, 0.29) is 0 Å². The van der Waals surface area contributed by atoms with E-state index in [0.717, 1.165) is 13.1 Å². The van der Waals surface area contributed by atoms with Gasteiger partial charge in [0, 0.05) is 25.8 Å². The number of nitrogens with one attached hydrogen (secondary N) is 1. The molecule has 1 aliphatic heterocycles. The smallest absolute Gasteiger partial charge is 0.0397 e. The Morgan fingerprint density at radius 2 is 2.27 bits per heavy atom. The van der Waals surface area contributed by atoms with Gasteiger partial charge in [-0.3, -0.25) is 0 Å². The molecular weight excluding hydrogens is 184 g/mol. The van der Waals surface area contributed by atoms with Gasteiger partial charge in [0.05, 0.1) is 0 Å². The second kappa shape index (κ2) is 4.67. The van der Waals surface area contributed by atoms with Crippen LogP contribution in [0.5, 0.6) is 0 Å². The summed E-state index contributed by atoms with van der Waals surface area (Å²) in [4.78, 5) is 2.33. The fourth-order valence-corrected chi connectivity index (χ4v) is 2.14. The van der Waals surface area contributed by atoms with E-state index >= 15 is 0 Å². The summed E-state index contributed by atoms with van der Waals surface area (Å²) in [6, 6.07) is 6.84. The SMILES string of the molecule is CCCNCc1ccc2c(c1)CCN2C. The van der Waals surface area contributed by atoms with Gasteiger partial charge in [-0.1, -0.05) is 19.1 Å². The summed E-state index contributed by atoms with van der Waals surface area (Å²) in [6.45, 7) is 5.48. The molecule has 1 heterocycles. The number of hydrogen-bond acceptors (Lipinski definition) is 2. The molecule has 82 valence electrons. The zero-order valence-corrected chi connectivity index (χ0v) is 9.71. The summed E-state index contributed by atoms with van der Waals surface area (Å²) >= 11 is 0. The third-order valence-electron chi connectivity index (χ3n) is 3.03. The Kier molecular flexibility index (Phi) is 3.27. The van der Waals surface area contributed by atoms with E-state index in [9.17, 15) is 0 Å². The summed E-state index contributed by atoms with van der Waals surface area (Å²) in [7, 11) is 2.17. The first kappa shape index (κ1) is 10.5. The third-order valence-corrected chi connectivity index (χ3v) is 3.03. The zero-order chi connectivity index (χ0) is 10.7. The topological polar surface area (TPSA) is 15.3 Å². The van der Waals surface area contributed by atoms with E-state index in [0.29, 0.717) is 0 Å². The summed E-state index contributed by atoms with van der Waals surface area (Å²) in [6.07, 6.45) is 2.40. The summed E-state index contributed by atoms with van der Waals surface area (Å²) < 4.78 is 0. The van der Waals surface area contributed by atoms with Gasteiger partial charge in [0.15, 0.2) is 0 Å². The molecule has 0 aliphatic carbocycles. The molecular formula is C13H20N2. The van der Waals surface area contributed by atoms with Crippen molar-refractivity contribution in [2.45, 2.75) is 26.3 Å². The molecule has 15 heavy (non-hydrogen) atoms. The van der Waals surface area contributed by atoms with E-state index < -0.39 is 0 Å². The van der Waals surface area contributed by atoms with Gasteiger partial charge in [-0.25, -0.2) is 0 Å². The van der Waals surface area contributed by atoms with E-state index in [1.165, 1.54) is 36.2 Å². The molecule has 0 bridgehead atoms. The molecule has 2 rings (SSSR count). The maximum atomic E-state index is 3.44. The lowest BCUT2D eigenvalue weighted by Crippen LogP contribution is -2.14. The standard InChI is InChI=1S/C13H20N2/c1-3-7-14-10-11-4-5-13-12(9-11)6-8-15(13)2/h4-5,9,14H,3,6-8,10H2,1-2H3. The molecule has 0 amide bonds. The maximum absolute atomic E-state index is 3.44. The van der Waals surface area contributed by atoms with E-state index in [4.69, 9.17) is 0 Å². The highest BCUT2D eigenvalue weighted by molar-refractivity contribution is 5.58. The Hall–Kier alpha value is -1.02. The average Bonchev–Trinajstić information content (AvgIpc) is 2.61. The quantitative estimate of drug-likeness (QED) is 0.756.